The van der Waals surface area contributed by atoms with Crippen molar-refractivity contribution in [3.63, 3.8) is 0 Å². The van der Waals surface area contributed by atoms with E-state index < -0.39 is 19.6 Å². The number of hydrogen-bond acceptors (Lipinski definition) is 3. The van der Waals surface area contributed by atoms with Crippen molar-refractivity contribution in [1.82, 2.24) is 0 Å². The first-order valence-electron chi connectivity index (χ1n) is 7.80. The zero-order valence-electron chi connectivity index (χ0n) is 14.0. The van der Waals surface area contributed by atoms with Gasteiger partial charge in [-0.15, -0.1) is 0 Å². The Bertz CT molecular complexity index is 895. The van der Waals surface area contributed by atoms with Crippen LogP contribution in [-0.4, -0.2) is 5.97 Å². The van der Waals surface area contributed by atoms with Gasteiger partial charge in [-0.2, -0.15) is 0 Å². The second-order valence-corrected chi connectivity index (χ2v) is 7.56. The van der Waals surface area contributed by atoms with Gasteiger partial charge in [0, 0.05) is 0 Å². The molecule has 25 heavy (non-hydrogen) atoms. The zero-order valence-corrected chi connectivity index (χ0v) is 15.0. The Kier molecular flexibility index (Phi) is 5.21. The molecule has 0 saturated carbocycles. The molecule has 3 aromatic carbocycles. The molecule has 0 aliphatic carbocycles. The molecule has 4 heteroatoms. The predicted molar refractivity (Wildman–Crippen MR) is 93.7 cm³/mol. The van der Waals surface area contributed by atoms with Crippen molar-refractivity contribution in [3.05, 3.63) is 89.5 Å². The van der Waals surface area contributed by atoms with Gasteiger partial charge in [-0.25, -0.2) is 0 Å². The number of ether oxygens (including phenoxy) is 1. The van der Waals surface area contributed by atoms with E-state index in [9.17, 15) is 8.66 Å². The third kappa shape index (κ3) is 4.29. The fourth-order valence-corrected chi connectivity index (χ4v) is 3.51. The average Bonchev–Trinajstić information content (AvgIpc) is 2.64. The Morgan fingerprint density at radius 1 is 0.720 bits per heavy atom. The number of aryl methyl sites for hydroxylation is 2. The second kappa shape index (κ2) is 7.55. The summed E-state index contributed by atoms with van der Waals surface area (Å²) in [4.78, 5) is 12.2. The molecule has 0 saturated heterocycles. The third-order valence-electron chi connectivity index (χ3n) is 3.64. The van der Waals surface area contributed by atoms with E-state index >= 15 is 0 Å². The minimum atomic E-state index is -1.64. The molecule has 0 heterocycles. The van der Waals surface area contributed by atoms with E-state index in [0.29, 0.717) is 15.8 Å². The third-order valence-corrected chi connectivity index (χ3v) is 5.43. The Balaban J connectivity index is 1.73. The second-order valence-electron chi connectivity index (χ2n) is 5.67. The molecule has 0 aliphatic rings. The Labute approximate surface area is 151 Å². The van der Waals surface area contributed by atoms with Gasteiger partial charge in [-0.1, -0.05) is 0 Å². The van der Waals surface area contributed by atoms with Crippen LogP contribution in [0.1, 0.15) is 21.5 Å². The Hall–Kier alpha value is -2.56. The number of carbonyl (C=O) groups excluding carboxylic acids is 1. The van der Waals surface area contributed by atoms with Gasteiger partial charge >= 0.3 is 151 Å². The first-order valence-corrected chi connectivity index (χ1v) is 9.26. The summed E-state index contributed by atoms with van der Waals surface area (Å²) in [6.45, 7) is 3.96. The Morgan fingerprint density at radius 2 is 1.16 bits per heavy atom. The number of carbonyl (C=O) groups is 1. The summed E-state index contributed by atoms with van der Waals surface area (Å²) in [5.41, 5.74) is 2.65. The maximum absolute atomic E-state index is 12.6. The van der Waals surface area contributed by atoms with E-state index in [-0.39, 0.29) is 0 Å². The van der Waals surface area contributed by atoms with E-state index in [1.165, 1.54) is 0 Å². The Morgan fingerprint density at radius 3 is 1.68 bits per heavy atom. The molecule has 3 aromatic rings. The molecule has 0 atom stereocenters. The van der Waals surface area contributed by atoms with Crippen molar-refractivity contribution < 1.29 is 27.0 Å². The van der Waals surface area contributed by atoms with Crippen LogP contribution in [0.2, 0.25) is 0 Å². The summed E-state index contributed by atoms with van der Waals surface area (Å²) in [6.07, 6.45) is 0. The van der Waals surface area contributed by atoms with Crippen molar-refractivity contribution >= 4 is 15.0 Å². The normalized spacial score (nSPS) is 11.0. The van der Waals surface area contributed by atoms with Crippen molar-refractivity contribution in [2.45, 2.75) is 13.8 Å². The van der Waals surface area contributed by atoms with Gasteiger partial charge in [-0.05, 0) is 0 Å². The summed E-state index contributed by atoms with van der Waals surface area (Å²) in [5, 5.41) is 0. The molecule has 0 fully saturated rings. The van der Waals surface area contributed by atoms with Gasteiger partial charge in [0.25, 0.3) is 0 Å². The van der Waals surface area contributed by atoms with Crippen molar-refractivity contribution in [2.24, 2.45) is 0 Å². The van der Waals surface area contributed by atoms with Gasteiger partial charge in [0.05, 0.1) is 0 Å². The van der Waals surface area contributed by atoms with Crippen LogP contribution in [-0.2, 0) is 17.5 Å². The van der Waals surface area contributed by atoms with Gasteiger partial charge in [0.15, 0.2) is 0 Å². The van der Waals surface area contributed by atoms with Gasteiger partial charge in [0.1, 0.15) is 0 Å². The van der Waals surface area contributed by atoms with E-state index in [0.717, 1.165) is 15.6 Å². The van der Waals surface area contributed by atoms with Crippen LogP contribution in [0, 0.1) is 13.8 Å². The molecule has 0 aliphatic heterocycles. The molecule has 3 nitrogen and oxygen atoms in total. The van der Waals surface area contributed by atoms with Crippen LogP contribution in [0.5, 0.6) is 5.75 Å². The summed E-state index contributed by atoms with van der Waals surface area (Å²) >= 11 is -1.64. The van der Waals surface area contributed by atoms with E-state index in [2.05, 4.69) is 0 Å². The van der Waals surface area contributed by atoms with Crippen molar-refractivity contribution in [2.75, 3.05) is 0 Å². The van der Waals surface area contributed by atoms with Crippen molar-refractivity contribution in [3.8, 4) is 5.75 Å². The molecule has 3 rings (SSSR count). The molecule has 0 spiro atoms. The molecule has 129 valence electrons. The number of esters is 1. The van der Waals surface area contributed by atoms with Crippen LogP contribution in [0.15, 0.2) is 72.8 Å². The summed E-state index contributed by atoms with van der Waals surface area (Å²) in [5.74, 6) is 0.0749. The molecular weight excluding hydrogens is 359 g/mol. The summed E-state index contributed by atoms with van der Waals surface area (Å²) < 4.78 is 19.4. The molecule has 0 aromatic heterocycles. The average molecular weight is 377 g/mol. The number of rotatable bonds is 4. The van der Waals surface area contributed by atoms with Gasteiger partial charge < -0.3 is 0 Å². The van der Waals surface area contributed by atoms with E-state index in [4.69, 9.17) is 4.74 Å². The SMILES string of the molecule is Cc1ccc(OC(=O)c2cc[c]([Co](=[O])[c]3ccc(C)cc3)cc2)cc1. The van der Waals surface area contributed by atoms with Gasteiger partial charge in [0.2, 0.25) is 0 Å². The van der Waals surface area contributed by atoms with E-state index in [1.54, 1.807) is 36.4 Å². The van der Waals surface area contributed by atoms with Crippen molar-refractivity contribution in [1.29, 1.82) is 0 Å². The quantitative estimate of drug-likeness (QED) is 0.517. The topological polar surface area (TPSA) is 43.4 Å². The number of hydrogen-bond donors (Lipinski definition) is 0. The fourth-order valence-electron chi connectivity index (χ4n) is 2.19. The van der Waals surface area contributed by atoms with Crippen LogP contribution in [0.25, 0.3) is 0 Å². The molecule has 0 unspecified atom stereocenters. The molecule has 0 amide bonds. The molecule has 0 radical (unpaired) electrons. The first-order chi connectivity index (χ1) is 12.0. The van der Waals surface area contributed by atoms with Crippen LogP contribution >= 0.6 is 0 Å². The van der Waals surface area contributed by atoms with Gasteiger partial charge in [-0.3, -0.25) is 0 Å². The van der Waals surface area contributed by atoms with Crippen LogP contribution in [0.3, 0.4) is 0 Å². The van der Waals surface area contributed by atoms with E-state index in [1.807, 2.05) is 50.2 Å². The molecule has 0 bridgehead atoms. The monoisotopic (exact) mass is 377 g/mol. The molecular formula is C21H18CoO3. The fraction of sp³-hybridized carbons (Fsp3) is 0.0952. The molecule has 0 N–H and O–H groups in total. The van der Waals surface area contributed by atoms with Crippen LogP contribution in [0.4, 0.5) is 0 Å². The standard InChI is InChI=1S/C14H11O2.C7H7.Co.O/c1-11-7-9-13(10-8-11)16-14(15)12-5-3-2-4-6-12;1-7-5-3-2-4-6-7;;/h3-10H,1H3;3-6H,1H3;;. The predicted octanol–water partition coefficient (Wildman–Crippen LogP) is 3.44. The zero-order chi connectivity index (χ0) is 17.8. The summed E-state index contributed by atoms with van der Waals surface area (Å²) in [7, 11) is 0. The number of benzene rings is 3. The minimum absolute atomic E-state index is 0.427. The maximum atomic E-state index is 12.6. The first kappa shape index (κ1) is 17.3. The summed E-state index contributed by atoms with van der Waals surface area (Å²) in [6, 6.07) is 21.6. The van der Waals surface area contributed by atoms with Crippen LogP contribution < -0.4 is 13.7 Å².